The van der Waals surface area contributed by atoms with Gasteiger partial charge in [-0.3, -0.25) is 0 Å². The predicted octanol–water partition coefficient (Wildman–Crippen LogP) is 4.33. The van der Waals surface area contributed by atoms with Crippen LogP contribution in [0.15, 0.2) is 41.3 Å². The predicted molar refractivity (Wildman–Crippen MR) is 85.8 cm³/mol. The minimum absolute atomic E-state index is 0.227. The molecule has 0 spiro atoms. The molecule has 0 saturated heterocycles. The van der Waals surface area contributed by atoms with E-state index in [1.54, 1.807) is 31.4 Å². The molecule has 108 valence electrons. The third-order valence-corrected chi connectivity index (χ3v) is 2.37. The molecule has 0 aliphatic carbocycles. The van der Waals surface area contributed by atoms with E-state index in [2.05, 4.69) is 15.9 Å². The van der Waals surface area contributed by atoms with E-state index < -0.39 is 0 Å². The van der Waals surface area contributed by atoms with E-state index in [1.807, 2.05) is 43.7 Å². The molecule has 1 atom stereocenters. The fraction of sp³-hybridized carbons (Fsp3) is 0.429. The Labute approximate surface area is 128 Å². The summed E-state index contributed by atoms with van der Waals surface area (Å²) in [4.78, 5) is 0. The van der Waals surface area contributed by atoms with Crippen molar-refractivity contribution in [3.8, 4) is 5.75 Å². The fourth-order valence-corrected chi connectivity index (χ4v) is 1.27. The first-order valence-electron chi connectivity index (χ1n) is 5.75. The quantitative estimate of drug-likeness (QED) is 0.754. The maximum atomic E-state index is 4.97. The summed E-state index contributed by atoms with van der Waals surface area (Å²) in [6.45, 7) is 2.64. The van der Waals surface area contributed by atoms with Crippen molar-refractivity contribution in [1.29, 1.82) is 0 Å². The van der Waals surface area contributed by atoms with Crippen LogP contribution in [0.4, 0.5) is 0 Å². The molecule has 0 fully saturated rings. The van der Waals surface area contributed by atoms with Crippen LogP contribution in [0.25, 0.3) is 0 Å². The Kier molecular flexibility index (Phi) is 11.7. The lowest BCUT2D eigenvalue weighted by Gasteiger charge is -2.14. The highest BCUT2D eigenvalue weighted by Gasteiger charge is 2.01. The van der Waals surface area contributed by atoms with Crippen LogP contribution in [-0.4, -0.2) is 32.3 Å². The molecule has 1 unspecified atom stereocenters. The Balaban J connectivity index is 0.000000289. The first-order valence-corrected chi connectivity index (χ1v) is 8.18. The highest BCUT2D eigenvalue weighted by molar-refractivity contribution is 9.10. The molecule has 0 amide bonds. The standard InChI is InChI=1S/C7H7BrO.C5H8O2.C2H6S/c1-9-7-4-2-6(8)3-5-7;1-5-4-6-2-3-7-5;1-3-2/h2-5H,1H3;2-3,5H,4H2,1H3;1-2H3. The average molecular weight is 349 g/mol. The molecule has 5 heteroatoms. The lowest BCUT2D eigenvalue weighted by Crippen LogP contribution is -2.14. The molecule has 0 N–H and O–H groups in total. The van der Waals surface area contributed by atoms with Crippen LogP contribution in [0.2, 0.25) is 0 Å². The molecule has 1 aliphatic rings. The summed E-state index contributed by atoms with van der Waals surface area (Å²) < 4.78 is 15.9. The van der Waals surface area contributed by atoms with Crippen molar-refractivity contribution >= 4 is 27.7 Å². The SMILES string of the molecule is CC1COC=CO1.COc1ccc(Br)cc1.CSC. The van der Waals surface area contributed by atoms with Gasteiger partial charge in [-0.15, -0.1) is 0 Å². The third kappa shape index (κ3) is 10.8. The second-order valence-electron chi connectivity index (χ2n) is 3.62. The van der Waals surface area contributed by atoms with Crippen LogP contribution >= 0.6 is 27.7 Å². The number of hydrogen-bond acceptors (Lipinski definition) is 4. The maximum Gasteiger partial charge on any atom is 0.129 e. The van der Waals surface area contributed by atoms with E-state index in [9.17, 15) is 0 Å². The van der Waals surface area contributed by atoms with Crippen LogP contribution in [-0.2, 0) is 9.47 Å². The van der Waals surface area contributed by atoms with E-state index in [0.717, 1.165) is 10.2 Å². The highest BCUT2D eigenvalue weighted by atomic mass is 79.9. The fourth-order valence-electron chi connectivity index (χ4n) is 1.01. The zero-order chi connectivity index (χ0) is 14.5. The van der Waals surface area contributed by atoms with E-state index in [1.165, 1.54) is 0 Å². The number of rotatable bonds is 1. The molecule has 1 aliphatic heterocycles. The van der Waals surface area contributed by atoms with Gasteiger partial charge in [-0.1, -0.05) is 15.9 Å². The Bertz CT molecular complexity index is 341. The topological polar surface area (TPSA) is 27.7 Å². The van der Waals surface area contributed by atoms with Gasteiger partial charge in [0.1, 0.15) is 31.0 Å². The van der Waals surface area contributed by atoms with Gasteiger partial charge >= 0.3 is 0 Å². The van der Waals surface area contributed by atoms with Gasteiger partial charge < -0.3 is 14.2 Å². The molecule has 2 rings (SSSR count). The Morgan fingerprint density at radius 1 is 1.21 bits per heavy atom. The molecule has 1 heterocycles. The monoisotopic (exact) mass is 348 g/mol. The van der Waals surface area contributed by atoms with Gasteiger partial charge in [0.15, 0.2) is 0 Å². The Morgan fingerprint density at radius 3 is 2.11 bits per heavy atom. The highest BCUT2D eigenvalue weighted by Crippen LogP contribution is 2.14. The number of thioether (sulfide) groups is 1. The molecule has 0 saturated carbocycles. The summed E-state index contributed by atoms with van der Waals surface area (Å²) in [5, 5.41) is 0. The third-order valence-electron chi connectivity index (χ3n) is 1.84. The van der Waals surface area contributed by atoms with Gasteiger partial charge in [0.25, 0.3) is 0 Å². The zero-order valence-electron chi connectivity index (χ0n) is 11.8. The molecule has 0 radical (unpaired) electrons. The molecular formula is C14H21BrO3S. The van der Waals surface area contributed by atoms with Crippen molar-refractivity contribution in [3.05, 3.63) is 41.3 Å². The first-order chi connectivity index (χ1) is 9.13. The second kappa shape index (κ2) is 12.2. The number of hydrogen-bond donors (Lipinski definition) is 0. The summed E-state index contributed by atoms with van der Waals surface area (Å²) in [5.41, 5.74) is 0. The number of halogens is 1. The summed E-state index contributed by atoms with van der Waals surface area (Å²) in [6, 6.07) is 7.70. The number of benzene rings is 1. The van der Waals surface area contributed by atoms with Gasteiger partial charge in [0.05, 0.1) is 7.11 Å². The Morgan fingerprint density at radius 2 is 1.79 bits per heavy atom. The normalized spacial score (nSPS) is 15.7. The minimum atomic E-state index is 0.227. The van der Waals surface area contributed by atoms with Crippen LogP contribution in [0.3, 0.4) is 0 Å². The number of methoxy groups -OCH3 is 1. The molecule has 0 aromatic heterocycles. The molecular weight excluding hydrogens is 328 g/mol. The molecule has 19 heavy (non-hydrogen) atoms. The maximum absolute atomic E-state index is 4.97. The van der Waals surface area contributed by atoms with Crippen molar-refractivity contribution in [3.63, 3.8) is 0 Å². The Hall–Kier alpha value is -0.810. The second-order valence-corrected chi connectivity index (χ2v) is 5.35. The average Bonchev–Trinajstić information content (AvgIpc) is 2.42. The summed E-state index contributed by atoms with van der Waals surface area (Å²) in [6.07, 6.45) is 7.43. The van der Waals surface area contributed by atoms with Gasteiger partial charge in [-0.05, 0) is 43.7 Å². The van der Waals surface area contributed by atoms with E-state index in [4.69, 9.17) is 14.2 Å². The summed E-state index contributed by atoms with van der Waals surface area (Å²) >= 11 is 5.07. The largest absolute Gasteiger partial charge is 0.497 e. The van der Waals surface area contributed by atoms with Gasteiger partial charge in [0, 0.05) is 4.47 Å². The molecule has 0 bridgehead atoms. The molecule has 1 aromatic rings. The van der Waals surface area contributed by atoms with Gasteiger partial charge in [0.2, 0.25) is 0 Å². The minimum Gasteiger partial charge on any atom is -0.497 e. The van der Waals surface area contributed by atoms with E-state index >= 15 is 0 Å². The number of ether oxygens (including phenoxy) is 3. The lowest BCUT2D eigenvalue weighted by atomic mass is 10.3. The zero-order valence-corrected chi connectivity index (χ0v) is 14.2. The van der Waals surface area contributed by atoms with Crippen molar-refractivity contribution in [1.82, 2.24) is 0 Å². The van der Waals surface area contributed by atoms with Crippen molar-refractivity contribution in [2.45, 2.75) is 13.0 Å². The van der Waals surface area contributed by atoms with E-state index in [-0.39, 0.29) is 6.10 Å². The lowest BCUT2D eigenvalue weighted by molar-refractivity contribution is 0.0452. The molecule has 3 nitrogen and oxygen atoms in total. The van der Waals surface area contributed by atoms with Crippen LogP contribution < -0.4 is 4.74 Å². The van der Waals surface area contributed by atoms with E-state index in [0.29, 0.717) is 6.61 Å². The van der Waals surface area contributed by atoms with Crippen LogP contribution in [0.1, 0.15) is 6.92 Å². The van der Waals surface area contributed by atoms with Crippen LogP contribution in [0, 0.1) is 0 Å². The smallest absolute Gasteiger partial charge is 0.129 e. The first kappa shape index (κ1) is 18.2. The van der Waals surface area contributed by atoms with Gasteiger partial charge in [-0.2, -0.15) is 11.8 Å². The van der Waals surface area contributed by atoms with Crippen molar-refractivity contribution in [2.24, 2.45) is 0 Å². The summed E-state index contributed by atoms with van der Waals surface area (Å²) in [5.74, 6) is 0.887. The molecule has 1 aromatic carbocycles. The summed E-state index contributed by atoms with van der Waals surface area (Å²) in [7, 11) is 1.66. The van der Waals surface area contributed by atoms with Gasteiger partial charge in [-0.25, -0.2) is 0 Å². The van der Waals surface area contributed by atoms with Crippen molar-refractivity contribution in [2.75, 3.05) is 26.2 Å². The van der Waals surface area contributed by atoms with Crippen LogP contribution in [0.5, 0.6) is 5.75 Å². The van der Waals surface area contributed by atoms with Crippen molar-refractivity contribution < 1.29 is 14.2 Å².